The van der Waals surface area contributed by atoms with Gasteiger partial charge in [0.05, 0.1) is 25.7 Å². The molecule has 5 N–H and O–H groups in total. The van der Waals surface area contributed by atoms with Crippen LogP contribution in [-0.2, 0) is 13.1 Å². The fourth-order valence-electron chi connectivity index (χ4n) is 4.66. The maximum atomic E-state index is 13.1. The van der Waals surface area contributed by atoms with Crippen molar-refractivity contribution in [3.05, 3.63) is 56.9 Å². The highest BCUT2D eigenvalue weighted by molar-refractivity contribution is 7.98. The van der Waals surface area contributed by atoms with Crippen LogP contribution in [0.4, 0.5) is 0 Å². The van der Waals surface area contributed by atoms with Gasteiger partial charge in [0, 0.05) is 54.0 Å². The Balaban J connectivity index is 1.85. The van der Waals surface area contributed by atoms with Crippen LogP contribution in [-0.4, -0.2) is 108 Å². The summed E-state index contributed by atoms with van der Waals surface area (Å²) in [6.45, 7) is 0.983. The molecular weight excluding hydrogens is 528 g/mol. The number of H-pyrrole nitrogens is 3. The van der Waals surface area contributed by atoms with Gasteiger partial charge >= 0.3 is 5.56 Å². The second kappa shape index (κ2) is 12.5. The predicted molar refractivity (Wildman–Crippen MR) is 152 cm³/mol. The molecule has 14 heteroatoms. The van der Waals surface area contributed by atoms with E-state index in [9.17, 15) is 19.8 Å². The molecular formula is C24H35N8O4S2+. The molecule has 4 rings (SSSR count). The van der Waals surface area contributed by atoms with Crippen molar-refractivity contribution in [1.29, 1.82) is 0 Å². The summed E-state index contributed by atoms with van der Waals surface area (Å²) in [6.07, 6.45) is 10.6. The molecule has 0 aliphatic carbocycles. The number of thioether (sulfide) groups is 2. The summed E-state index contributed by atoms with van der Waals surface area (Å²) < 4.78 is 3.45. The maximum Gasteiger partial charge on any atom is 0.359 e. The number of aromatic nitrogens is 6. The van der Waals surface area contributed by atoms with E-state index in [2.05, 4.69) is 19.9 Å². The first-order chi connectivity index (χ1) is 18.3. The van der Waals surface area contributed by atoms with E-state index < -0.39 is 0 Å². The molecule has 0 aliphatic rings. The highest BCUT2D eigenvalue weighted by atomic mass is 32.2. The SMILES string of the molecule is CSCC(CO)N(C)Cc1cn(-[n+]2c[nH]c(=O)c3[nH]cc(CN(C)C(CO)CSC)c32)c2c(=O)[nH]cnc12. The van der Waals surface area contributed by atoms with Crippen LogP contribution in [0.25, 0.3) is 22.1 Å². The topological polar surface area (TPSA) is 150 Å². The highest BCUT2D eigenvalue weighted by Crippen LogP contribution is 2.20. The Kier molecular flexibility index (Phi) is 9.33. The normalized spacial score (nSPS) is 13.8. The van der Waals surface area contributed by atoms with Gasteiger partial charge in [-0.2, -0.15) is 28.2 Å². The van der Waals surface area contributed by atoms with Crippen LogP contribution in [0.3, 0.4) is 0 Å². The number of likely N-dealkylation sites (N-methyl/N-ethyl adjacent to an activating group) is 2. The van der Waals surface area contributed by atoms with Gasteiger partial charge < -0.3 is 20.2 Å². The molecule has 0 aliphatic heterocycles. The van der Waals surface area contributed by atoms with E-state index in [1.165, 1.54) is 12.7 Å². The third-order valence-electron chi connectivity index (χ3n) is 6.80. The zero-order chi connectivity index (χ0) is 27.4. The van der Waals surface area contributed by atoms with Crippen molar-refractivity contribution in [2.75, 3.05) is 51.3 Å². The first-order valence-electron chi connectivity index (χ1n) is 12.2. The predicted octanol–water partition coefficient (Wildman–Crippen LogP) is -0.195. The zero-order valence-electron chi connectivity index (χ0n) is 22.0. The molecule has 0 amide bonds. The van der Waals surface area contributed by atoms with E-state index in [0.29, 0.717) is 35.2 Å². The van der Waals surface area contributed by atoms with Crippen LogP contribution in [0.5, 0.6) is 0 Å². The molecule has 38 heavy (non-hydrogen) atoms. The summed E-state index contributed by atoms with van der Waals surface area (Å²) in [4.78, 5) is 42.9. The van der Waals surface area contributed by atoms with Crippen LogP contribution < -0.4 is 15.8 Å². The minimum atomic E-state index is -0.312. The second-order valence-electron chi connectivity index (χ2n) is 9.33. The van der Waals surface area contributed by atoms with Gasteiger partial charge in [-0.3, -0.25) is 14.6 Å². The van der Waals surface area contributed by atoms with Crippen LogP contribution in [0, 0.1) is 0 Å². The zero-order valence-corrected chi connectivity index (χ0v) is 23.6. The molecule has 206 valence electrons. The van der Waals surface area contributed by atoms with Gasteiger partial charge in [-0.05, 0) is 26.6 Å². The Morgan fingerprint density at radius 3 is 2.21 bits per heavy atom. The van der Waals surface area contributed by atoms with E-state index in [0.717, 1.165) is 22.6 Å². The monoisotopic (exact) mass is 563 g/mol. The summed E-state index contributed by atoms with van der Waals surface area (Å²) >= 11 is 3.32. The molecule has 4 heterocycles. The molecule has 0 aromatic carbocycles. The smallest absolute Gasteiger partial charge is 0.359 e. The van der Waals surface area contributed by atoms with Gasteiger partial charge in [0.1, 0.15) is 5.52 Å². The van der Waals surface area contributed by atoms with Crippen molar-refractivity contribution in [3.8, 4) is 0 Å². The van der Waals surface area contributed by atoms with Gasteiger partial charge in [-0.25, -0.2) is 14.8 Å². The van der Waals surface area contributed by atoms with Crippen molar-refractivity contribution < 1.29 is 14.9 Å². The summed E-state index contributed by atoms with van der Waals surface area (Å²) in [5.41, 5.74) is 2.95. The van der Waals surface area contributed by atoms with Gasteiger partial charge in [0.15, 0.2) is 16.6 Å². The van der Waals surface area contributed by atoms with Gasteiger partial charge in [-0.15, -0.1) is 4.68 Å². The Bertz CT molecular complexity index is 1500. The Labute approximate surface area is 228 Å². The van der Waals surface area contributed by atoms with E-state index in [1.54, 1.807) is 39.1 Å². The number of nitrogens with zero attached hydrogens (tertiary/aromatic N) is 5. The number of rotatable bonds is 13. The Morgan fingerprint density at radius 2 is 1.61 bits per heavy atom. The van der Waals surface area contributed by atoms with E-state index in [1.807, 2.05) is 42.6 Å². The minimum absolute atomic E-state index is 0.0187. The number of hydrogen-bond donors (Lipinski definition) is 5. The van der Waals surface area contributed by atoms with Crippen LogP contribution in [0.15, 0.2) is 34.6 Å². The van der Waals surface area contributed by atoms with Crippen LogP contribution in [0.1, 0.15) is 11.1 Å². The van der Waals surface area contributed by atoms with Crippen LogP contribution in [0.2, 0.25) is 0 Å². The molecule has 0 bridgehead atoms. The van der Waals surface area contributed by atoms with E-state index in [-0.39, 0.29) is 36.4 Å². The van der Waals surface area contributed by atoms with E-state index >= 15 is 0 Å². The minimum Gasteiger partial charge on any atom is -0.395 e. The molecule has 0 spiro atoms. The summed E-state index contributed by atoms with van der Waals surface area (Å²) in [5.74, 6) is 1.53. The molecule has 12 nitrogen and oxygen atoms in total. The van der Waals surface area contributed by atoms with Crippen molar-refractivity contribution in [2.45, 2.75) is 25.2 Å². The van der Waals surface area contributed by atoms with Gasteiger partial charge in [0.25, 0.3) is 11.9 Å². The number of aliphatic hydroxyl groups is 2. The number of hydrogen-bond acceptors (Lipinski definition) is 9. The molecule has 0 fully saturated rings. The molecule has 0 radical (unpaired) electrons. The van der Waals surface area contributed by atoms with Crippen molar-refractivity contribution in [3.63, 3.8) is 0 Å². The molecule has 4 aromatic rings. The van der Waals surface area contributed by atoms with Crippen molar-refractivity contribution in [1.82, 2.24) is 34.4 Å². The quantitative estimate of drug-likeness (QED) is 0.139. The van der Waals surface area contributed by atoms with Gasteiger partial charge in [-0.1, -0.05) is 0 Å². The Morgan fingerprint density at radius 1 is 0.974 bits per heavy atom. The molecule has 2 unspecified atom stereocenters. The number of aromatic amines is 3. The second-order valence-corrected chi connectivity index (χ2v) is 11.1. The lowest BCUT2D eigenvalue weighted by molar-refractivity contribution is -0.702. The molecule has 2 atom stereocenters. The molecule has 4 aromatic heterocycles. The average molecular weight is 564 g/mol. The summed E-state index contributed by atoms with van der Waals surface area (Å²) in [5, 5.41) is 19.7. The van der Waals surface area contributed by atoms with Gasteiger partial charge in [0.2, 0.25) is 0 Å². The number of aliphatic hydroxyl groups excluding tert-OH is 2. The summed E-state index contributed by atoms with van der Waals surface area (Å²) in [6, 6.07) is -0.0989. The molecule has 0 saturated heterocycles. The number of nitrogens with one attached hydrogen (secondary N) is 3. The van der Waals surface area contributed by atoms with Crippen molar-refractivity contribution >= 4 is 45.6 Å². The average Bonchev–Trinajstić information content (AvgIpc) is 3.49. The molecule has 0 saturated carbocycles. The summed E-state index contributed by atoms with van der Waals surface area (Å²) in [7, 11) is 3.87. The van der Waals surface area contributed by atoms with E-state index in [4.69, 9.17) is 0 Å². The maximum absolute atomic E-state index is 13.1. The third-order valence-corrected chi connectivity index (χ3v) is 8.24. The lowest BCUT2D eigenvalue weighted by atomic mass is 10.2. The number of fused-ring (bicyclic) bond motifs is 2. The fourth-order valence-corrected chi connectivity index (χ4v) is 6.15. The first-order valence-corrected chi connectivity index (χ1v) is 14.9. The van der Waals surface area contributed by atoms with Crippen LogP contribution >= 0.6 is 23.5 Å². The lowest BCUT2D eigenvalue weighted by Crippen LogP contribution is -2.46. The fraction of sp³-hybridized carbons (Fsp3) is 0.500. The highest BCUT2D eigenvalue weighted by Gasteiger charge is 2.25. The largest absolute Gasteiger partial charge is 0.395 e. The Hall–Kier alpha value is -2.62. The van der Waals surface area contributed by atoms with Crippen molar-refractivity contribution in [2.24, 2.45) is 0 Å². The first kappa shape index (κ1) is 28.4. The lowest BCUT2D eigenvalue weighted by Gasteiger charge is -2.25. The third kappa shape index (κ3) is 5.55. The standard InChI is InChI=1S/C24H34N8O4S2/c1-29(17(9-33)11-37-3)6-15-5-25-20-21(15)32(14-28-23(20)35)31-8-16(7-30(2)18(10-34)12-38-4)19-22(31)24(36)27-13-26-19/h5,8,13-14,17-18,33-34H,6-7,9-12H2,1-4H3,(H2,25,26,27,35,36)/p+1.